The number of nitrogens with zero attached hydrogens (tertiary/aromatic N) is 2. The largest absolute Gasteiger partial charge is 0.346 e. The molecule has 0 aromatic rings. The first-order valence-corrected chi connectivity index (χ1v) is 9.37. The van der Waals surface area contributed by atoms with Crippen LogP contribution in [0.25, 0.3) is 0 Å². The summed E-state index contributed by atoms with van der Waals surface area (Å²) in [6, 6.07) is 0. The Hall–Kier alpha value is -1.58. The molecule has 0 aromatic carbocycles. The third kappa shape index (κ3) is 6.14. The van der Waals surface area contributed by atoms with Crippen LogP contribution in [0.3, 0.4) is 0 Å². The second-order valence-electron chi connectivity index (χ2n) is 7.28. The molecule has 2 rings (SSSR count). The standard InChI is InChI=1S/C20H32N2O2/c1-21(19(23)15-17-9-3-4-10-17)13-7-8-14-22(2)20(24)16-18-11-5-6-12-18/h3,5,9,11,17-18H,4,6-8,10,12-16H2,1-2H3/t17-,18+. The molecule has 4 nitrogen and oxygen atoms in total. The highest BCUT2D eigenvalue weighted by molar-refractivity contribution is 5.76. The molecule has 0 heterocycles. The summed E-state index contributed by atoms with van der Waals surface area (Å²) in [6.45, 7) is 1.56. The van der Waals surface area contributed by atoms with Crippen molar-refractivity contribution in [2.45, 2.75) is 51.4 Å². The molecule has 4 heteroatoms. The number of rotatable bonds is 9. The monoisotopic (exact) mass is 332 g/mol. The van der Waals surface area contributed by atoms with Crippen LogP contribution in [-0.2, 0) is 9.59 Å². The van der Waals surface area contributed by atoms with E-state index in [-0.39, 0.29) is 11.8 Å². The third-order valence-corrected chi connectivity index (χ3v) is 5.19. The van der Waals surface area contributed by atoms with Crippen molar-refractivity contribution in [1.29, 1.82) is 0 Å². The van der Waals surface area contributed by atoms with Crippen molar-refractivity contribution in [3.05, 3.63) is 24.3 Å². The van der Waals surface area contributed by atoms with Crippen LogP contribution in [0.5, 0.6) is 0 Å². The number of amides is 2. The molecule has 0 aromatic heterocycles. The van der Waals surface area contributed by atoms with Gasteiger partial charge in [0.05, 0.1) is 0 Å². The smallest absolute Gasteiger partial charge is 0.222 e. The van der Waals surface area contributed by atoms with Gasteiger partial charge in [0.25, 0.3) is 0 Å². The lowest BCUT2D eigenvalue weighted by molar-refractivity contribution is -0.132. The van der Waals surface area contributed by atoms with Gasteiger partial charge in [-0.2, -0.15) is 0 Å². The van der Waals surface area contributed by atoms with Crippen LogP contribution in [0.2, 0.25) is 0 Å². The molecule has 24 heavy (non-hydrogen) atoms. The van der Waals surface area contributed by atoms with E-state index in [1.807, 2.05) is 23.9 Å². The number of carbonyl (C=O) groups is 2. The van der Waals surface area contributed by atoms with Crippen LogP contribution < -0.4 is 0 Å². The van der Waals surface area contributed by atoms with E-state index in [0.717, 1.165) is 51.6 Å². The van der Waals surface area contributed by atoms with Gasteiger partial charge in [-0.3, -0.25) is 9.59 Å². The number of unbranched alkanes of at least 4 members (excludes halogenated alkanes) is 1. The molecule has 0 spiro atoms. The molecule has 0 aliphatic heterocycles. The molecule has 2 aliphatic carbocycles. The fraction of sp³-hybridized carbons (Fsp3) is 0.700. The summed E-state index contributed by atoms with van der Waals surface area (Å²) in [6.07, 6.45) is 16.3. The number of hydrogen-bond donors (Lipinski definition) is 0. The summed E-state index contributed by atoms with van der Waals surface area (Å²) >= 11 is 0. The van der Waals surface area contributed by atoms with Gasteiger partial charge >= 0.3 is 0 Å². The van der Waals surface area contributed by atoms with E-state index >= 15 is 0 Å². The molecule has 2 amide bonds. The van der Waals surface area contributed by atoms with E-state index in [1.54, 1.807) is 0 Å². The van der Waals surface area contributed by atoms with Gasteiger partial charge in [0, 0.05) is 40.0 Å². The highest BCUT2D eigenvalue weighted by Crippen LogP contribution is 2.22. The van der Waals surface area contributed by atoms with Gasteiger partial charge in [-0.25, -0.2) is 0 Å². The third-order valence-electron chi connectivity index (χ3n) is 5.19. The highest BCUT2D eigenvalue weighted by atomic mass is 16.2. The molecule has 2 aliphatic rings. The minimum absolute atomic E-state index is 0.240. The van der Waals surface area contributed by atoms with Crippen molar-refractivity contribution in [3.63, 3.8) is 0 Å². The zero-order valence-electron chi connectivity index (χ0n) is 15.2. The van der Waals surface area contributed by atoms with Crippen molar-refractivity contribution >= 4 is 11.8 Å². The Labute approximate surface area is 146 Å². The topological polar surface area (TPSA) is 40.6 Å². The first-order valence-electron chi connectivity index (χ1n) is 9.37. The summed E-state index contributed by atoms with van der Waals surface area (Å²) in [7, 11) is 3.78. The van der Waals surface area contributed by atoms with Crippen LogP contribution >= 0.6 is 0 Å². The maximum absolute atomic E-state index is 12.1. The van der Waals surface area contributed by atoms with Gasteiger partial charge in [0.15, 0.2) is 0 Å². The van der Waals surface area contributed by atoms with Crippen molar-refractivity contribution in [3.8, 4) is 0 Å². The van der Waals surface area contributed by atoms with E-state index in [1.165, 1.54) is 0 Å². The van der Waals surface area contributed by atoms with Crippen LogP contribution in [0.4, 0.5) is 0 Å². The summed E-state index contributed by atoms with van der Waals surface area (Å²) in [5, 5.41) is 0. The summed E-state index contributed by atoms with van der Waals surface area (Å²) < 4.78 is 0. The molecule has 0 unspecified atom stereocenters. The van der Waals surface area contributed by atoms with Crippen molar-refractivity contribution in [2.75, 3.05) is 27.2 Å². The Morgan fingerprint density at radius 3 is 1.58 bits per heavy atom. The number of allylic oxidation sites excluding steroid dienone is 4. The lowest BCUT2D eigenvalue weighted by Crippen LogP contribution is -2.31. The lowest BCUT2D eigenvalue weighted by Gasteiger charge is -2.21. The maximum Gasteiger partial charge on any atom is 0.222 e. The molecule has 0 N–H and O–H groups in total. The zero-order chi connectivity index (χ0) is 17.4. The van der Waals surface area contributed by atoms with Gasteiger partial charge in [-0.15, -0.1) is 0 Å². The molecule has 2 atom stereocenters. The molecule has 0 saturated heterocycles. The van der Waals surface area contributed by atoms with Crippen molar-refractivity contribution < 1.29 is 9.59 Å². The number of carbonyl (C=O) groups excluding carboxylic acids is 2. The predicted molar refractivity (Wildman–Crippen MR) is 97.5 cm³/mol. The van der Waals surface area contributed by atoms with Gasteiger partial charge in [0.2, 0.25) is 11.8 Å². The normalized spacial score (nSPS) is 22.1. The summed E-state index contributed by atoms with van der Waals surface area (Å²) in [5.74, 6) is 1.36. The van der Waals surface area contributed by atoms with E-state index in [0.29, 0.717) is 24.7 Å². The molecule has 134 valence electrons. The van der Waals surface area contributed by atoms with Gasteiger partial charge in [-0.1, -0.05) is 24.3 Å². The van der Waals surface area contributed by atoms with E-state index < -0.39 is 0 Å². The molecule has 0 bridgehead atoms. The molecular formula is C20H32N2O2. The fourth-order valence-corrected chi connectivity index (χ4v) is 3.44. The summed E-state index contributed by atoms with van der Waals surface area (Å²) in [4.78, 5) is 28.0. The molecular weight excluding hydrogens is 300 g/mol. The Bertz CT molecular complexity index is 440. The molecule has 0 radical (unpaired) electrons. The minimum Gasteiger partial charge on any atom is -0.346 e. The Morgan fingerprint density at radius 1 is 0.833 bits per heavy atom. The average molecular weight is 332 g/mol. The van der Waals surface area contributed by atoms with Crippen molar-refractivity contribution in [1.82, 2.24) is 9.80 Å². The SMILES string of the molecule is CN(CCCCN(C)C(=O)C[C@H]1C=CCC1)C(=O)C[C@@H]1C=CCC1. The van der Waals surface area contributed by atoms with Crippen LogP contribution in [0, 0.1) is 11.8 Å². The first kappa shape index (κ1) is 18.8. The average Bonchev–Trinajstić information content (AvgIpc) is 3.24. The summed E-state index contributed by atoms with van der Waals surface area (Å²) in [5.41, 5.74) is 0. The second kappa shape index (κ2) is 9.65. The van der Waals surface area contributed by atoms with Gasteiger partial charge in [-0.05, 0) is 50.4 Å². The highest BCUT2D eigenvalue weighted by Gasteiger charge is 2.18. The Kier molecular flexibility index (Phi) is 7.54. The Morgan fingerprint density at radius 2 is 1.25 bits per heavy atom. The quantitative estimate of drug-likeness (QED) is 0.480. The fourth-order valence-electron chi connectivity index (χ4n) is 3.44. The van der Waals surface area contributed by atoms with Crippen molar-refractivity contribution in [2.24, 2.45) is 11.8 Å². The van der Waals surface area contributed by atoms with Gasteiger partial charge in [0.1, 0.15) is 0 Å². The first-order chi connectivity index (χ1) is 11.6. The number of hydrogen-bond acceptors (Lipinski definition) is 2. The van der Waals surface area contributed by atoms with Gasteiger partial charge < -0.3 is 9.80 Å². The minimum atomic E-state index is 0.240. The maximum atomic E-state index is 12.1. The zero-order valence-corrected chi connectivity index (χ0v) is 15.2. The predicted octanol–water partition coefficient (Wildman–Crippen LogP) is 3.40. The second-order valence-corrected chi connectivity index (χ2v) is 7.28. The molecule has 0 fully saturated rings. The lowest BCUT2D eigenvalue weighted by atomic mass is 10.0. The Balaban J connectivity index is 1.55. The van der Waals surface area contributed by atoms with Crippen LogP contribution in [0.1, 0.15) is 51.4 Å². The van der Waals surface area contributed by atoms with E-state index in [9.17, 15) is 9.59 Å². The van der Waals surface area contributed by atoms with E-state index in [2.05, 4.69) is 24.3 Å². The van der Waals surface area contributed by atoms with Crippen LogP contribution in [0.15, 0.2) is 24.3 Å². The molecule has 0 saturated carbocycles. The van der Waals surface area contributed by atoms with E-state index in [4.69, 9.17) is 0 Å². The van der Waals surface area contributed by atoms with Crippen LogP contribution in [-0.4, -0.2) is 48.8 Å².